The molecule has 9 nitrogen and oxygen atoms in total. The van der Waals surface area contributed by atoms with E-state index < -0.39 is 16.7 Å². The van der Waals surface area contributed by atoms with Gasteiger partial charge in [0.15, 0.2) is 5.11 Å². The number of nitrogens with one attached hydrogen (secondary N) is 1. The van der Waals surface area contributed by atoms with Crippen LogP contribution in [0, 0.1) is 24.0 Å². The van der Waals surface area contributed by atoms with E-state index in [1.807, 2.05) is 6.07 Å². The number of hydrogen-bond donors (Lipinski definition) is 1. The molecule has 34 heavy (non-hydrogen) atoms. The van der Waals surface area contributed by atoms with Crippen LogP contribution in [0.4, 0.5) is 11.4 Å². The summed E-state index contributed by atoms with van der Waals surface area (Å²) in [6.45, 7) is 3.55. The average molecular weight is 477 g/mol. The van der Waals surface area contributed by atoms with Gasteiger partial charge in [0.2, 0.25) is 0 Å². The van der Waals surface area contributed by atoms with Crippen molar-refractivity contribution in [3.63, 3.8) is 0 Å². The highest BCUT2D eigenvalue weighted by atomic mass is 32.1. The molecular formula is C24H20N4O5S. The first-order valence-electron chi connectivity index (χ1n) is 10.2. The number of carbonyl (C=O) groups excluding carboxylic acids is 2. The Kier molecular flexibility index (Phi) is 5.99. The lowest BCUT2D eigenvalue weighted by atomic mass is 10.1. The number of aromatic nitrogens is 1. The first-order chi connectivity index (χ1) is 16.2. The van der Waals surface area contributed by atoms with E-state index in [2.05, 4.69) is 5.32 Å². The molecule has 10 heteroatoms. The second-order valence-corrected chi connectivity index (χ2v) is 7.95. The molecule has 0 aliphatic carbocycles. The van der Waals surface area contributed by atoms with Crippen molar-refractivity contribution in [3.05, 3.63) is 87.2 Å². The molecule has 1 aliphatic rings. The van der Waals surface area contributed by atoms with Crippen LogP contribution in [-0.4, -0.2) is 33.5 Å². The minimum absolute atomic E-state index is 0.00215. The van der Waals surface area contributed by atoms with Gasteiger partial charge in [-0.1, -0.05) is 18.2 Å². The van der Waals surface area contributed by atoms with E-state index in [4.69, 9.17) is 17.0 Å². The molecule has 4 rings (SSSR count). The molecule has 1 aliphatic heterocycles. The standard InChI is InChI=1S/C24H20N4O5S/c1-14-11-16(15(2)26(14)20-10-9-18(33-3)13-21(20)28(31)32)12-19-22(29)25-24(34)27(23(19)30)17-7-5-4-6-8-17/h4-13H,1-3H3,(H,25,29,34)/b19-12+. The fraction of sp³-hybridized carbons (Fsp3) is 0.125. The summed E-state index contributed by atoms with van der Waals surface area (Å²) in [5.74, 6) is -0.802. The van der Waals surface area contributed by atoms with Gasteiger partial charge in [0.05, 0.1) is 23.8 Å². The highest BCUT2D eigenvalue weighted by Crippen LogP contribution is 2.32. The number of aryl methyl sites for hydroxylation is 1. The van der Waals surface area contributed by atoms with Crippen molar-refractivity contribution >= 4 is 46.6 Å². The Morgan fingerprint density at radius 3 is 2.44 bits per heavy atom. The fourth-order valence-corrected chi connectivity index (χ4v) is 4.18. The number of nitro benzene ring substituents is 1. The van der Waals surface area contributed by atoms with Crippen LogP contribution in [0.15, 0.2) is 60.2 Å². The maximum Gasteiger partial charge on any atom is 0.296 e. The van der Waals surface area contributed by atoms with Crippen LogP contribution in [0.25, 0.3) is 11.8 Å². The van der Waals surface area contributed by atoms with E-state index in [9.17, 15) is 19.7 Å². The Bertz CT molecular complexity index is 1380. The lowest BCUT2D eigenvalue weighted by Gasteiger charge is -2.28. The molecule has 1 saturated heterocycles. The average Bonchev–Trinajstić information content (AvgIpc) is 3.09. The van der Waals surface area contributed by atoms with Gasteiger partial charge in [-0.3, -0.25) is 29.9 Å². The van der Waals surface area contributed by atoms with Gasteiger partial charge in [-0.2, -0.15) is 0 Å². The molecule has 0 radical (unpaired) electrons. The summed E-state index contributed by atoms with van der Waals surface area (Å²) in [4.78, 5) is 38.4. The number of rotatable bonds is 5. The van der Waals surface area contributed by atoms with Crippen LogP contribution < -0.4 is 15.0 Å². The van der Waals surface area contributed by atoms with E-state index in [1.54, 1.807) is 60.9 Å². The number of benzene rings is 2. The zero-order valence-corrected chi connectivity index (χ0v) is 19.4. The Hall–Kier alpha value is -4.31. The third-order valence-corrected chi connectivity index (χ3v) is 5.79. The molecule has 0 saturated carbocycles. The summed E-state index contributed by atoms with van der Waals surface area (Å²) in [5.41, 5.74) is 2.53. The predicted octanol–water partition coefficient (Wildman–Crippen LogP) is 3.84. The minimum atomic E-state index is -0.609. The lowest BCUT2D eigenvalue weighted by Crippen LogP contribution is -2.54. The van der Waals surface area contributed by atoms with Crippen molar-refractivity contribution in [1.82, 2.24) is 9.88 Å². The molecule has 1 fully saturated rings. The molecule has 172 valence electrons. The van der Waals surface area contributed by atoms with Gasteiger partial charge in [0.25, 0.3) is 17.5 Å². The van der Waals surface area contributed by atoms with Crippen LogP contribution >= 0.6 is 12.2 Å². The molecule has 2 aromatic carbocycles. The van der Waals surface area contributed by atoms with Crippen LogP contribution in [0.5, 0.6) is 5.75 Å². The summed E-state index contributed by atoms with van der Waals surface area (Å²) < 4.78 is 6.82. The van der Waals surface area contributed by atoms with Crippen molar-refractivity contribution in [2.24, 2.45) is 0 Å². The van der Waals surface area contributed by atoms with E-state index in [-0.39, 0.29) is 16.4 Å². The van der Waals surface area contributed by atoms with Crippen molar-refractivity contribution < 1.29 is 19.2 Å². The number of para-hydroxylation sites is 1. The molecule has 2 heterocycles. The number of hydrogen-bond acceptors (Lipinski definition) is 6. The number of ether oxygens (including phenoxy) is 1. The van der Waals surface area contributed by atoms with Crippen LogP contribution in [0.2, 0.25) is 0 Å². The van der Waals surface area contributed by atoms with Gasteiger partial charge in [-0.15, -0.1) is 0 Å². The SMILES string of the molecule is COc1ccc(-n2c(C)cc(/C=C3\C(=O)NC(=S)N(c4ccccc4)C3=O)c2C)c([N+](=O)[O-])c1. The van der Waals surface area contributed by atoms with Gasteiger partial charge in [0, 0.05) is 11.4 Å². The second kappa shape index (κ2) is 8.91. The molecule has 0 bridgehead atoms. The van der Waals surface area contributed by atoms with Crippen molar-refractivity contribution in [2.45, 2.75) is 13.8 Å². The smallest absolute Gasteiger partial charge is 0.296 e. The fourth-order valence-electron chi connectivity index (χ4n) is 3.89. The summed E-state index contributed by atoms with van der Waals surface area (Å²) in [5, 5.41) is 14.3. The Balaban J connectivity index is 1.80. The number of amides is 2. The highest BCUT2D eigenvalue weighted by Gasteiger charge is 2.34. The maximum absolute atomic E-state index is 13.2. The first kappa shape index (κ1) is 22.9. The zero-order chi connectivity index (χ0) is 24.6. The number of nitrogens with zero attached hydrogens (tertiary/aromatic N) is 3. The highest BCUT2D eigenvalue weighted by molar-refractivity contribution is 7.80. The van der Waals surface area contributed by atoms with E-state index in [1.165, 1.54) is 24.2 Å². The quantitative estimate of drug-likeness (QED) is 0.197. The summed E-state index contributed by atoms with van der Waals surface area (Å²) in [7, 11) is 1.44. The number of carbonyl (C=O) groups is 2. The maximum atomic E-state index is 13.2. The summed E-state index contributed by atoms with van der Waals surface area (Å²) in [6.07, 6.45) is 1.48. The molecule has 0 spiro atoms. The van der Waals surface area contributed by atoms with Crippen molar-refractivity contribution in [2.75, 3.05) is 12.0 Å². The lowest BCUT2D eigenvalue weighted by molar-refractivity contribution is -0.384. The Labute approximate surface area is 200 Å². The van der Waals surface area contributed by atoms with Crippen LogP contribution in [0.3, 0.4) is 0 Å². The Morgan fingerprint density at radius 1 is 1.09 bits per heavy atom. The minimum Gasteiger partial charge on any atom is -0.496 e. The van der Waals surface area contributed by atoms with Gasteiger partial charge in [-0.05, 0) is 68.0 Å². The summed E-state index contributed by atoms with van der Waals surface area (Å²) >= 11 is 5.22. The summed E-state index contributed by atoms with van der Waals surface area (Å²) in [6, 6.07) is 15.1. The topological polar surface area (TPSA) is 107 Å². The van der Waals surface area contributed by atoms with Gasteiger partial charge < -0.3 is 9.30 Å². The van der Waals surface area contributed by atoms with Gasteiger partial charge >= 0.3 is 0 Å². The molecule has 2 amide bonds. The monoisotopic (exact) mass is 476 g/mol. The zero-order valence-electron chi connectivity index (χ0n) is 18.6. The third-order valence-electron chi connectivity index (χ3n) is 5.51. The Morgan fingerprint density at radius 2 is 1.79 bits per heavy atom. The van der Waals surface area contributed by atoms with Crippen molar-refractivity contribution in [1.29, 1.82) is 0 Å². The van der Waals surface area contributed by atoms with E-state index in [0.29, 0.717) is 34.1 Å². The van der Waals surface area contributed by atoms with Crippen LogP contribution in [0.1, 0.15) is 17.0 Å². The molecular weight excluding hydrogens is 456 g/mol. The molecule has 1 aromatic heterocycles. The molecule has 1 N–H and O–H groups in total. The van der Waals surface area contributed by atoms with E-state index >= 15 is 0 Å². The second-order valence-electron chi connectivity index (χ2n) is 7.57. The number of nitro groups is 1. The normalized spacial score (nSPS) is 15.0. The molecule has 0 unspecified atom stereocenters. The first-order valence-corrected chi connectivity index (χ1v) is 10.6. The van der Waals surface area contributed by atoms with Gasteiger partial charge in [0.1, 0.15) is 17.0 Å². The van der Waals surface area contributed by atoms with Crippen LogP contribution in [-0.2, 0) is 9.59 Å². The number of thiocarbonyl (C=S) groups is 1. The molecule has 3 aromatic rings. The number of methoxy groups -OCH3 is 1. The van der Waals surface area contributed by atoms with Crippen molar-refractivity contribution in [3.8, 4) is 11.4 Å². The third kappa shape index (κ3) is 3.95. The predicted molar refractivity (Wildman–Crippen MR) is 131 cm³/mol. The van der Waals surface area contributed by atoms with Gasteiger partial charge in [-0.25, -0.2) is 0 Å². The number of anilines is 1. The molecule has 0 atom stereocenters. The van der Waals surface area contributed by atoms with E-state index in [0.717, 1.165) is 0 Å². The largest absolute Gasteiger partial charge is 0.496 e.